The average Bonchev–Trinajstić information content (AvgIpc) is 3.16. The van der Waals surface area contributed by atoms with Crippen LogP contribution in [0.2, 0.25) is 0 Å². The molecule has 28 heavy (non-hydrogen) atoms. The fraction of sp³-hybridized carbons (Fsp3) is 0.143. The molecule has 3 amide bonds. The van der Waals surface area contributed by atoms with Gasteiger partial charge in [-0.2, -0.15) is 0 Å². The summed E-state index contributed by atoms with van der Waals surface area (Å²) in [7, 11) is 1.66. The van der Waals surface area contributed by atoms with E-state index in [1.165, 1.54) is 11.3 Å². The van der Waals surface area contributed by atoms with E-state index in [9.17, 15) is 9.59 Å². The van der Waals surface area contributed by atoms with Crippen LogP contribution in [0.4, 0.5) is 15.5 Å². The molecule has 6 nitrogen and oxygen atoms in total. The lowest BCUT2D eigenvalue weighted by Crippen LogP contribution is -2.21. The first-order valence-corrected chi connectivity index (χ1v) is 9.53. The maximum Gasteiger partial charge on any atom is 0.324 e. The fourth-order valence-corrected chi connectivity index (χ4v) is 3.33. The van der Waals surface area contributed by atoms with Crippen molar-refractivity contribution in [2.45, 2.75) is 13.2 Å². The Kier molecular flexibility index (Phi) is 6.78. The van der Waals surface area contributed by atoms with Crippen molar-refractivity contribution in [2.24, 2.45) is 0 Å². The van der Waals surface area contributed by atoms with Crippen LogP contribution in [-0.2, 0) is 17.9 Å². The Morgan fingerprint density at radius 3 is 2.32 bits per heavy atom. The van der Waals surface area contributed by atoms with Crippen molar-refractivity contribution < 1.29 is 14.3 Å². The van der Waals surface area contributed by atoms with E-state index in [1.54, 1.807) is 31.4 Å². The molecule has 7 heteroatoms. The summed E-state index contributed by atoms with van der Waals surface area (Å²) in [4.78, 5) is 24.9. The van der Waals surface area contributed by atoms with Crippen molar-refractivity contribution in [1.82, 2.24) is 5.32 Å². The van der Waals surface area contributed by atoms with Gasteiger partial charge in [0.05, 0.1) is 16.5 Å². The molecule has 144 valence electrons. The average molecular weight is 395 g/mol. The molecule has 0 spiro atoms. The molecule has 0 bridgehead atoms. The van der Waals surface area contributed by atoms with Crippen LogP contribution in [0.3, 0.4) is 0 Å². The van der Waals surface area contributed by atoms with Gasteiger partial charge in [0.25, 0.3) is 5.91 Å². The van der Waals surface area contributed by atoms with Crippen LogP contribution in [0.5, 0.6) is 0 Å². The lowest BCUT2D eigenvalue weighted by molar-refractivity contribution is 0.0955. The number of amides is 3. The zero-order valence-electron chi connectivity index (χ0n) is 15.4. The quantitative estimate of drug-likeness (QED) is 0.552. The molecule has 0 saturated carbocycles. The monoisotopic (exact) mass is 395 g/mol. The number of urea groups is 1. The lowest BCUT2D eigenvalue weighted by atomic mass is 10.1. The van der Waals surface area contributed by atoms with E-state index in [0.29, 0.717) is 28.7 Å². The Hall–Kier alpha value is -3.16. The maximum atomic E-state index is 12.3. The summed E-state index contributed by atoms with van der Waals surface area (Å²) in [6.45, 7) is 0.997. The first-order chi connectivity index (χ1) is 13.6. The first kappa shape index (κ1) is 19.6. The minimum atomic E-state index is -0.351. The largest absolute Gasteiger partial charge is 0.380 e. The topological polar surface area (TPSA) is 79.5 Å². The number of methoxy groups -OCH3 is 1. The third kappa shape index (κ3) is 5.67. The smallest absolute Gasteiger partial charge is 0.324 e. The normalized spacial score (nSPS) is 10.3. The van der Waals surface area contributed by atoms with E-state index < -0.39 is 0 Å². The number of benzene rings is 2. The van der Waals surface area contributed by atoms with E-state index in [4.69, 9.17) is 4.74 Å². The summed E-state index contributed by atoms with van der Waals surface area (Å²) < 4.78 is 5.08. The van der Waals surface area contributed by atoms with Gasteiger partial charge in [0, 0.05) is 19.3 Å². The second kappa shape index (κ2) is 9.68. The molecule has 0 radical (unpaired) electrons. The van der Waals surface area contributed by atoms with E-state index in [2.05, 4.69) is 16.0 Å². The van der Waals surface area contributed by atoms with Crippen molar-refractivity contribution in [2.75, 3.05) is 17.7 Å². The van der Waals surface area contributed by atoms with Gasteiger partial charge in [-0.3, -0.25) is 10.1 Å². The molecular weight excluding hydrogens is 374 g/mol. The third-order valence-corrected chi connectivity index (χ3v) is 4.88. The van der Waals surface area contributed by atoms with Crippen LogP contribution in [0, 0.1) is 0 Å². The number of para-hydroxylation sites is 1. The summed E-state index contributed by atoms with van der Waals surface area (Å²) in [6.07, 6.45) is 0. The van der Waals surface area contributed by atoms with Gasteiger partial charge in [0.2, 0.25) is 0 Å². The number of anilines is 2. The van der Waals surface area contributed by atoms with E-state index >= 15 is 0 Å². The molecule has 0 unspecified atom stereocenters. The Morgan fingerprint density at radius 2 is 1.61 bits per heavy atom. The molecule has 2 aromatic carbocycles. The first-order valence-electron chi connectivity index (χ1n) is 8.72. The lowest BCUT2D eigenvalue weighted by Gasteiger charge is -2.06. The fourth-order valence-electron chi connectivity index (χ4n) is 2.51. The van der Waals surface area contributed by atoms with Gasteiger partial charge in [-0.1, -0.05) is 42.5 Å². The number of hydrogen-bond acceptors (Lipinski definition) is 4. The molecule has 3 N–H and O–H groups in total. The Balaban J connectivity index is 1.50. The van der Waals surface area contributed by atoms with Crippen molar-refractivity contribution in [3.63, 3.8) is 0 Å². The van der Waals surface area contributed by atoms with Crippen LogP contribution in [0.15, 0.2) is 66.7 Å². The summed E-state index contributed by atoms with van der Waals surface area (Å²) in [6, 6.07) is 20.1. The van der Waals surface area contributed by atoms with Gasteiger partial charge in [-0.15, -0.1) is 11.3 Å². The molecular formula is C21H21N3O3S. The van der Waals surface area contributed by atoms with Crippen molar-refractivity contribution in [1.29, 1.82) is 0 Å². The summed E-state index contributed by atoms with van der Waals surface area (Å²) in [5, 5.41) is 8.96. The molecule has 0 saturated heterocycles. The van der Waals surface area contributed by atoms with E-state index in [0.717, 1.165) is 11.1 Å². The molecule has 3 aromatic rings. The summed E-state index contributed by atoms with van der Waals surface area (Å²) in [5.74, 6) is -0.178. The molecule has 0 atom stereocenters. The van der Waals surface area contributed by atoms with Crippen molar-refractivity contribution >= 4 is 34.0 Å². The highest BCUT2D eigenvalue weighted by Crippen LogP contribution is 2.22. The minimum Gasteiger partial charge on any atom is -0.380 e. The predicted molar refractivity (Wildman–Crippen MR) is 112 cm³/mol. The minimum absolute atomic E-state index is 0.178. The number of nitrogens with one attached hydrogen (secondary N) is 3. The van der Waals surface area contributed by atoms with Crippen LogP contribution in [-0.4, -0.2) is 19.0 Å². The number of carbonyl (C=O) groups is 2. The second-order valence-corrected chi connectivity index (χ2v) is 7.13. The Bertz CT molecular complexity index is 924. The summed E-state index contributed by atoms with van der Waals surface area (Å²) >= 11 is 1.22. The molecule has 0 fully saturated rings. The molecule has 3 rings (SSSR count). The number of ether oxygens (including phenoxy) is 1. The highest BCUT2D eigenvalue weighted by atomic mass is 32.1. The third-order valence-electron chi connectivity index (χ3n) is 3.89. The van der Waals surface area contributed by atoms with Gasteiger partial charge >= 0.3 is 6.03 Å². The molecule has 0 aliphatic carbocycles. The highest BCUT2D eigenvalue weighted by molar-refractivity contribution is 7.18. The van der Waals surface area contributed by atoms with Crippen LogP contribution >= 0.6 is 11.3 Å². The van der Waals surface area contributed by atoms with Gasteiger partial charge in [-0.05, 0) is 35.4 Å². The Morgan fingerprint density at radius 1 is 0.893 bits per heavy atom. The van der Waals surface area contributed by atoms with E-state index in [-0.39, 0.29) is 11.9 Å². The van der Waals surface area contributed by atoms with Crippen LogP contribution in [0.1, 0.15) is 20.8 Å². The van der Waals surface area contributed by atoms with E-state index in [1.807, 2.05) is 42.5 Å². The number of carbonyl (C=O) groups excluding carboxylic acids is 2. The second-order valence-electron chi connectivity index (χ2n) is 6.04. The summed E-state index contributed by atoms with van der Waals surface area (Å²) in [5.41, 5.74) is 2.79. The van der Waals surface area contributed by atoms with Crippen LogP contribution in [0.25, 0.3) is 0 Å². The standard InChI is InChI=1S/C21H21N3O3S/c1-27-14-16-9-7-15(8-10-16)13-22-20(25)18-11-12-19(28-18)24-21(26)23-17-5-3-2-4-6-17/h2-12H,13-14H2,1H3,(H,22,25)(H2,23,24,26). The van der Waals surface area contributed by atoms with Crippen LogP contribution < -0.4 is 16.0 Å². The molecule has 0 aliphatic rings. The van der Waals surface area contributed by atoms with Gasteiger partial charge in [0.15, 0.2) is 0 Å². The van der Waals surface area contributed by atoms with Crippen molar-refractivity contribution in [3.8, 4) is 0 Å². The zero-order valence-corrected chi connectivity index (χ0v) is 16.2. The Labute approximate surface area is 167 Å². The molecule has 1 heterocycles. The number of hydrogen-bond donors (Lipinski definition) is 3. The highest BCUT2D eigenvalue weighted by Gasteiger charge is 2.11. The SMILES string of the molecule is COCc1ccc(CNC(=O)c2ccc(NC(=O)Nc3ccccc3)s2)cc1. The van der Waals surface area contributed by atoms with Gasteiger partial charge in [0.1, 0.15) is 0 Å². The van der Waals surface area contributed by atoms with Crippen molar-refractivity contribution in [3.05, 3.63) is 82.7 Å². The van der Waals surface area contributed by atoms with Gasteiger partial charge < -0.3 is 15.4 Å². The number of thiophene rings is 1. The molecule has 1 aromatic heterocycles. The molecule has 0 aliphatic heterocycles. The predicted octanol–water partition coefficient (Wildman–Crippen LogP) is 4.47. The van der Waals surface area contributed by atoms with Gasteiger partial charge in [-0.25, -0.2) is 4.79 Å². The maximum absolute atomic E-state index is 12.3. The zero-order chi connectivity index (χ0) is 19.8. The number of rotatable bonds is 7.